The van der Waals surface area contributed by atoms with Gasteiger partial charge in [-0.2, -0.15) is 0 Å². The van der Waals surface area contributed by atoms with Gasteiger partial charge in [-0.25, -0.2) is 0 Å². The molecule has 2 aromatic rings. The van der Waals surface area contributed by atoms with E-state index in [4.69, 9.17) is 0 Å². The lowest BCUT2D eigenvalue weighted by Gasteiger charge is -2.22. The van der Waals surface area contributed by atoms with Crippen molar-refractivity contribution in [2.24, 2.45) is 5.92 Å². The molecule has 22 heavy (non-hydrogen) atoms. The van der Waals surface area contributed by atoms with E-state index in [1.165, 1.54) is 23.6 Å². The van der Waals surface area contributed by atoms with Crippen molar-refractivity contribution >= 4 is 28.4 Å². The van der Waals surface area contributed by atoms with Gasteiger partial charge in [0.05, 0.1) is 5.75 Å². The smallest absolute Gasteiger partial charge is 0.230 e. The summed E-state index contributed by atoms with van der Waals surface area (Å²) in [7, 11) is 0. The van der Waals surface area contributed by atoms with E-state index in [0.717, 1.165) is 24.5 Å². The predicted molar refractivity (Wildman–Crippen MR) is 93.3 cm³/mol. The van der Waals surface area contributed by atoms with Gasteiger partial charge in [-0.05, 0) is 54.8 Å². The molecule has 1 saturated heterocycles. The summed E-state index contributed by atoms with van der Waals surface area (Å²) in [6, 6.07) is 14.7. The molecule has 0 radical (unpaired) electrons. The number of amides is 1. The minimum Gasteiger partial charge on any atom is -0.355 e. The average molecular weight is 314 g/mol. The summed E-state index contributed by atoms with van der Waals surface area (Å²) in [5.74, 6) is 1.20. The van der Waals surface area contributed by atoms with Crippen molar-refractivity contribution in [3.05, 3.63) is 42.5 Å². The number of carbonyl (C=O) groups excluding carboxylic acids is 1. The van der Waals surface area contributed by atoms with Crippen LogP contribution in [0, 0.1) is 5.92 Å². The topological polar surface area (TPSA) is 41.1 Å². The molecule has 1 fully saturated rings. The maximum atomic E-state index is 12.0. The minimum absolute atomic E-state index is 0.128. The van der Waals surface area contributed by atoms with Gasteiger partial charge in [0.15, 0.2) is 0 Å². The Balaban J connectivity index is 1.47. The Morgan fingerprint density at radius 2 is 2.09 bits per heavy atom. The Bertz CT molecular complexity index is 638. The van der Waals surface area contributed by atoms with Crippen molar-refractivity contribution in [2.45, 2.75) is 17.7 Å². The first-order chi connectivity index (χ1) is 10.8. The van der Waals surface area contributed by atoms with E-state index in [1.54, 1.807) is 11.8 Å². The van der Waals surface area contributed by atoms with Crippen LogP contribution in [0.5, 0.6) is 0 Å². The largest absolute Gasteiger partial charge is 0.355 e. The Morgan fingerprint density at radius 3 is 2.91 bits per heavy atom. The fourth-order valence-corrected chi connectivity index (χ4v) is 3.59. The van der Waals surface area contributed by atoms with Crippen LogP contribution in [-0.4, -0.2) is 31.3 Å². The van der Waals surface area contributed by atoms with Crippen LogP contribution in [0.3, 0.4) is 0 Å². The zero-order valence-corrected chi connectivity index (χ0v) is 13.5. The Kier molecular flexibility index (Phi) is 5.35. The van der Waals surface area contributed by atoms with Gasteiger partial charge in [0.25, 0.3) is 0 Å². The second-order valence-corrected chi connectivity index (χ2v) is 6.86. The van der Waals surface area contributed by atoms with Gasteiger partial charge in [-0.3, -0.25) is 4.79 Å². The van der Waals surface area contributed by atoms with Gasteiger partial charge in [0.1, 0.15) is 0 Å². The van der Waals surface area contributed by atoms with Gasteiger partial charge in [0, 0.05) is 11.4 Å². The minimum atomic E-state index is 0.128. The van der Waals surface area contributed by atoms with Gasteiger partial charge in [0.2, 0.25) is 5.91 Å². The zero-order valence-electron chi connectivity index (χ0n) is 12.7. The van der Waals surface area contributed by atoms with Crippen molar-refractivity contribution < 1.29 is 4.79 Å². The quantitative estimate of drug-likeness (QED) is 0.834. The van der Waals surface area contributed by atoms with Gasteiger partial charge in [-0.1, -0.05) is 30.3 Å². The van der Waals surface area contributed by atoms with E-state index >= 15 is 0 Å². The normalized spacial score (nSPS) is 18.3. The lowest BCUT2D eigenvalue weighted by Crippen LogP contribution is -2.38. The molecule has 1 atom stereocenters. The molecule has 4 heteroatoms. The molecule has 1 amide bonds. The molecular weight excluding hydrogens is 292 g/mol. The van der Waals surface area contributed by atoms with Crippen LogP contribution in [0.4, 0.5) is 0 Å². The van der Waals surface area contributed by atoms with Crippen molar-refractivity contribution in [1.29, 1.82) is 0 Å². The fraction of sp³-hybridized carbons (Fsp3) is 0.389. The van der Waals surface area contributed by atoms with Gasteiger partial charge in [-0.15, -0.1) is 11.8 Å². The highest BCUT2D eigenvalue weighted by molar-refractivity contribution is 8.00. The van der Waals surface area contributed by atoms with E-state index in [0.29, 0.717) is 11.7 Å². The third-order valence-electron chi connectivity index (χ3n) is 4.08. The van der Waals surface area contributed by atoms with Crippen molar-refractivity contribution in [3.8, 4) is 0 Å². The Labute approximate surface area is 135 Å². The number of hydrogen-bond donors (Lipinski definition) is 2. The van der Waals surface area contributed by atoms with Crippen molar-refractivity contribution in [3.63, 3.8) is 0 Å². The summed E-state index contributed by atoms with van der Waals surface area (Å²) in [4.78, 5) is 13.1. The molecule has 0 aliphatic carbocycles. The molecule has 0 aromatic heterocycles. The average Bonchev–Trinajstić information content (AvgIpc) is 2.59. The van der Waals surface area contributed by atoms with Crippen LogP contribution in [0.25, 0.3) is 10.8 Å². The first-order valence-corrected chi connectivity index (χ1v) is 8.89. The number of hydrogen-bond acceptors (Lipinski definition) is 3. The third-order valence-corrected chi connectivity index (χ3v) is 5.07. The second kappa shape index (κ2) is 7.65. The molecular formula is C18H22N2OS. The lowest BCUT2D eigenvalue weighted by atomic mass is 10.00. The van der Waals surface area contributed by atoms with Crippen LogP contribution >= 0.6 is 11.8 Å². The van der Waals surface area contributed by atoms with E-state index in [1.807, 2.05) is 12.1 Å². The van der Waals surface area contributed by atoms with Crippen LogP contribution in [0.1, 0.15) is 12.8 Å². The molecule has 1 aliphatic heterocycles. The SMILES string of the molecule is O=C(CSc1ccc2ccccc2c1)NCC1CCCNC1. The number of thioether (sulfide) groups is 1. The van der Waals surface area contributed by atoms with Crippen molar-refractivity contribution in [1.82, 2.24) is 10.6 Å². The van der Waals surface area contributed by atoms with Crippen LogP contribution in [0.2, 0.25) is 0 Å². The summed E-state index contributed by atoms with van der Waals surface area (Å²) >= 11 is 1.60. The first-order valence-electron chi connectivity index (χ1n) is 7.90. The second-order valence-electron chi connectivity index (χ2n) is 5.81. The van der Waals surface area contributed by atoms with Gasteiger partial charge < -0.3 is 10.6 Å². The first kappa shape index (κ1) is 15.4. The summed E-state index contributed by atoms with van der Waals surface area (Å²) < 4.78 is 0. The molecule has 1 unspecified atom stereocenters. The molecule has 0 saturated carbocycles. The fourth-order valence-electron chi connectivity index (χ4n) is 2.81. The molecule has 1 heterocycles. The molecule has 0 spiro atoms. The Hall–Kier alpha value is -1.52. The van der Waals surface area contributed by atoms with E-state index in [9.17, 15) is 4.79 Å². The predicted octanol–water partition coefficient (Wildman–Crippen LogP) is 3.05. The van der Waals surface area contributed by atoms with E-state index < -0.39 is 0 Å². The number of nitrogens with one attached hydrogen (secondary N) is 2. The standard InChI is InChI=1S/C18H22N2OS/c21-18(20-12-14-4-3-9-19-11-14)13-22-17-8-7-15-5-1-2-6-16(15)10-17/h1-2,5-8,10,14,19H,3-4,9,11-13H2,(H,20,21). The summed E-state index contributed by atoms with van der Waals surface area (Å²) in [5, 5.41) is 8.90. The highest BCUT2D eigenvalue weighted by atomic mass is 32.2. The Morgan fingerprint density at radius 1 is 1.23 bits per heavy atom. The van der Waals surface area contributed by atoms with Crippen LogP contribution < -0.4 is 10.6 Å². The maximum absolute atomic E-state index is 12.0. The van der Waals surface area contributed by atoms with Gasteiger partial charge >= 0.3 is 0 Å². The molecule has 1 aliphatic rings. The monoisotopic (exact) mass is 314 g/mol. The summed E-state index contributed by atoms with van der Waals surface area (Å²) in [5.41, 5.74) is 0. The molecule has 2 aromatic carbocycles. The molecule has 2 N–H and O–H groups in total. The third kappa shape index (κ3) is 4.24. The highest BCUT2D eigenvalue weighted by Crippen LogP contribution is 2.23. The molecule has 3 rings (SSSR count). The number of rotatable bonds is 5. The van der Waals surface area contributed by atoms with E-state index in [2.05, 4.69) is 41.0 Å². The molecule has 0 bridgehead atoms. The number of piperidine rings is 1. The molecule has 3 nitrogen and oxygen atoms in total. The van der Waals surface area contributed by atoms with E-state index in [-0.39, 0.29) is 5.91 Å². The van der Waals surface area contributed by atoms with Crippen molar-refractivity contribution in [2.75, 3.05) is 25.4 Å². The maximum Gasteiger partial charge on any atom is 0.230 e. The summed E-state index contributed by atoms with van der Waals surface area (Å²) in [6.45, 7) is 2.93. The number of carbonyl (C=O) groups is 1. The number of benzene rings is 2. The number of fused-ring (bicyclic) bond motifs is 1. The summed E-state index contributed by atoms with van der Waals surface area (Å²) in [6.07, 6.45) is 2.43. The van der Waals surface area contributed by atoms with Crippen LogP contribution in [0.15, 0.2) is 47.4 Å². The zero-order chi connectivity index (χ0) is 15.2. The highest BCUT2D eigenvalue weighted by Gasteiger charge is 2.13. The van der Waals surface area contributed by atoms with Crippen LogP contribution in [-0.2, 0) is 4.79 Å². The molecule has 116 valence electrons. The lowest BCUT2D eigenvalue weighted by molar-refractivity contribution is -0.118.